The van der Waals surface area contributed by atoms with E-state index in [1.165, 1.54) is 6.92 Å². The lowest BCUT2D eigenvalue weighted by Gasteiger charge is -2.10. The molecule has 1 aromatic carbocycles. The molecule has 0 amide bonds. The average molecular weight is 214 g/mol. The van der Waals surface area contributed by atoms with Gasteiger partial charge in [-0.05, 0) is 0 Å². The van der Waals surface area contributed by atoms with Crippen LogP contribution in [0.25, 0.3) is 0 Å². The maximum Gasteiger partial charge on any atom is 0.304 e. The SMILES string of the molecule is C=CCC#CC(OC(C)=O)c1ccccc1. The molecule has 0 N–H and O–H groups in total. The van der Waals surface area contributed by atoms with Crippen molar-refractivity contribution in [3.63, 3.8) is 0 Å². The van der Waals surface area contributed by atoms with E-state index < -0.39 is 6.10 Å². The first kappa shape index (κ1) is 12.1. The van der Waals surface area contributed by atoms with Gasteiger partial charge in [-0.2, -0.15) is 0 Å². The van der Waals surface area contributed by atoms with Gasteiger partial charge in [-0.1, -0.05) is 48.2 Å². The molecule has 2 heteroatoms. The number of hydrogen-bond donors (Lipinski definition) is 0. The van der Waals surface area contributed by atoms with E-state index in [0.717, 1.165) is 5.56 Å². The average Bonchev–Trinajstić information content (AvgIpc) is 2.29. The van der Waals surface area contributed by atoms with Crippen molar-refractivity contribution < 1.29 is 9.53 Å². The zero-order valence-corrected chi connectivity index (χ0v) is 9.27. The van der Waals surface area contributed by atoms with Gasteiger partial charge in [0.15, 0.2) is 6.10 Å². The van der Waals surface area contributed by atoms with Crippen LogP contribution in [0.4, 0.5) is 0 Å². The van der Waals surface area contributed by atoms with Crippen LogP contribution >= 0.6 is 0 Å². The molecule has 0 aliphatic rings. The second-order valence-corrected chi connectivity index (χ2v) is 3.21. The molecule has 0 saturated carbocycles. The maximum atomic E-state index is 11.0. The second kappa shape index (κ2) is 6.47. The Morgan fingerprint density at radius 1 is 1.50 bits per heavy atom. The molecule has 0 heterocycles. The molecule has 0 aromatic heterocycles. The highest BCUT2D eigenvalue weighted by Gasteiger charge is 2.10. The number of allylic oxidation sites excluding steroid dienone is 1. The Kier molecular flexibility index (Phi) is 4.88. The summed E-state index contributed by atoms with van der Waals surface area (Å²) in [7, 11) is 0. The molecule has 1 atom stereocenters. The zero-order valence-electron chi connectivity index (χ0n) is 9.27. The molecule has 82 valence electrons. The lowest BCUT2D eigenvalue weighted by molar-refractivity contribution is -0.144. The lowest BCUT2D eigenvalue weighted by Crippen LogP contribution is -2.06. The number of esters is 1. The van der Waals surface area contributed by atoms with Gasteiger partial charge in [-0.3, -0.25) is 4.79 Å². The minimum atomic E-state index is -0.487. The monoisotopic (exact) mass is 214 g/mol. The molecular formula is C14H14O2. The molecule has 0 fully saturated rings. The second-order valence-electron chi connectivity index (χ2n) is 3.21. The van der Waals surface area contributed by atoms with Crippen LogP contribution in [0.1, 0.15) is 25.0 Å². The van der Waals surface area contributed by atoms with Crippen LogP contribution in [0.2, 0.25) is 0 Å². The summed E-state index contributed by atoms with van der Waals surface area (Å²) in [5.74, 6) is 5.47. The summed E-state index contributed by atoms with van der Waals surface area (Å²) in [6, 6.07) is 9.46. The van der Waals surface area contributed by atoms with E-state index in [1.54, 1.807) is 6.08 Å². The fraction of sp³-hybridized carbons (Fsp3) is 0.214. The van der Waals surface area contributed by atoms with Crippen LogP contribution in [0.15, 0.2) is 43.0 Å². The molecule has 0 bridgehead atoms. The maximum absolute atomic E-state index is 11.0. The molecule has 16 heavy (non-hydrogen) atoms. The Bertz CT molecular complexity index is 409. The first-order chi connectivity index (χ1) is 7.74. The summed E-state index contributed by atoms with van der Waals surface area (Å²) in [5, 5.41) is 0. The van der Waals surface area contributed by atoms with E-state index in [4.69, 9.17) is 4.74 Å². The Labute approximate surface area is 95.9 Å². The molecular weight excluding hydrogens is 200 g/mol. The minimum Gasteiger partial charge on any atom is -0.444 e. The fourth-order valence-electron chi connectivity index (χ4n) is 1.20. The van der Waals surface area contributed by atoms with E-state index in [1.807, 2.05) is 30.3 Å². The largest absolute Gasteiger partial charge is 0.444 e. The Morgan fingerprint density at radius 3 is 2.75 bits per heavy atom. The van der Waals surface area contributed by atoms with Crippen molar-refractivity contribution in [2.75, 3.05) is 0 Å². The Morgan fingerprint density at radius 2 is 2.19 bits per heavy atom. The van der Waals surface area contributed by atoms with Crippen molar-refractivity contribution >= 4 is 5.97 Å². The third kappa shape index (κ3) is 4.02. The van der Waals surface area contributed by atoms with Gasteiger partial charge in [0.25, 0.3) is 0 Å². The standard InChI is InChI=1S/C14H14O2/c1-3-4-6-11-14(16-12(2)15)13-9-7-5-8-10-13/h3,5,7-10,14H,1,4H2,2H3. The first-order valence-corrected chi connectivity index (χ1v) is 5.05. The number of hydrogen-bond acceptors (Lipinski definition) is 2. The van der Waals surface area contributed by atoms with Crippen LogP contribution in [-0.4, -0.2) is 5.97 Å². The van der Waals surface area contributed by atoms with E-state index in [2.05, 4.69) is 18.4 Å². The van der Waals surface area contributed by atoms with Crippen LogP contribution in [0.5, 0.6) is 0 Å². The normalized spacial score (nSPS) is 10.8. The summed E-state index contributed by atoms with van der Waals surface area (Å²) >= 11 is 0. The summed E-state index contributed by atoms with van der Waals surface area (Å²) in [6.45, 7) is 4.96. The molecule has 1 aromatic rings. The predicted octanol–water partition coefficient (Wildman–Crippen LogP) is 2.87. The summed E-state index contributed by atoms with van der Waals surface area (Å²) in [6.07, 6.45) is 1.81. The van der Waals surface area contributed by atoms with Crippen molar-refractivity contribution in [1.29, 1.82) is 0 Å². The van der Waals surface area contributed by atoms with Crippen LogP contribution in [0.3, 0.4) is 0 Å². The summed E-state index contributed by atoms with van der Waals surface area (Å²) in [5.41, 5.74) is 0.884. The smallest absolute Gasteiger partial charge is 0.304 e. The van der Waals surface area contributed by atoms with Crippen LogP contribution in [0, 0.1) is 11.8 Å². The van der Waals surface area contributed by atoms with Crippen molar-refractivity contribution in [3.05, 3.63) is 48.6 Å². The van der Waals surface area contributed by atoms with E-state index in [9.17, 15) is 4.79 Å². The summed E-state index contributed by atoms with van der Waals surface area (Å²) in [4.78, 5) is 11.0. The van der Waals surface area contributed by atoms with Gasteiger partial charge < -0.3 is 4.74 Å². The third-order valence-electron chi connectivity index (χ3n) is 1.87. The van der Waals surface area contributed by atoms with Gasteiger partial charge >= 0.3 is 5.97 Å². The van der Waals surface area contributed by atoms with Crippen LogP contribution in [-0.2, 0) is 9.53 Å². The number of benzene rings is 1. The highest BCUT2D eigenvalue weighted by molar-refractivity contribution is 5.66. The van der Waals surface area contributed by atoms with Gasteiger partial charge in [-0.15, -0.1) is 6.58 Å². The third-order valence-corrected chi connectivity index (χ3v) is 1.87. The van der Waals surface area contributed by atoms with Crippen molar-refractivity contribution in [3.8, 4) is 11.8 Å². The van der Waals surface area contributed by atoms with Gasteiger partial charge in [-0.25, -0.2) is 0 Å². The fourth-order valence-corrected chi connectivity index (χ4v) is 1.20. The van der Waals surface area contributed by atoms with Gasteiger partial charge in [0.05, 0.1) is 0 Å². The first-order valence-electron chi connectivity index (χ1n) is 5.05. The number of carbonyl (C=O) groups excluding carboxylic acids is 1. The van der Waals surface area contributed by atoms with Crippen molar-refractivity contribution in [2.45, 2.75) is 19.4 Å². The van der Waals surface area contributed by atoms with E-state index >= 15 is 0 Å². The molecule has 0 spiro atoms. The Hall–Kier alpha value is -2.01. The zero-order chi connectivity index (χ0) is 11.8. The molecule has 2 nitrogen and oxygen atoms in total. The van der Waals surface area contributed by atoms with Gasteiger partial charge in [0.1, 0.15) is 0 Å². The topological polar surface area (TPSA) is 26.3 Å². The molecule has 0 aliphatic heterocycles. The van der Waals surface area contributed by atoms with Crippen molar-refractivity contribution in [2.24, 2.45) is 0 Å². The molecule has 1 unspecified atom stereocenters. The van der Waals surface area contributed by atoms with E-state index in [-0.39, 0.29) is 5.97 Å². The molecule has 0 radical (unpaired) electrons. The molecule has 0 saturated heterocycles. The van der Waals surface area contributed by atoms with E-state index in [0.29, 0.717) is 6.42 Å². The minimum absolute atomic E-state index is 0.332. The van der Waals surface area contributed by atoms with Crippen molar-refractivity contribution in [1.82, 2.24) is 0 Å². The molecule has 1 rings (SSSR count). The number of ether oxygens (including phenoxy) is 1. The lowest BCUT2D eigenvalue weighted by atomic mass is 10.1. The number of carbonyl (C=O) groups is 1. The van der Waals surface area contributed by atoms with Crippen LogP contribution < -0.4 is 0 Å². The Balaban J connectivity index is 2.84. The number of rotatable bonds is 3. The van der Waals surface area contributed by atoms with Gasteiger partial charge in [0, 0.05) is 18.9 Å². The highest BCUT2D eigenvalue weighted by Crippen LogP contribution is 2.16. The predicted molar refractivity (Wildman–Crippen MR) is 63.5 cm³/mol. The van der Waals surface area contributed by atoms with Gasteiger partial charge in [0.2, 0.25) is 0 Å². The highest BCUT2D eigenvalue weighted by atomic mass is 16.5. The quantitative estimate of drug-likeness (QED) is 0.439. The molecule has 0 aliphatic carbocycles. The summed E-state index contributed by atoms with van der Waals surface area (Å²) < 4.78 is 5.14.